The first-order valence-electron chi connectivity index (χ1n) is 17.6. The van der Waals surface area contributed by atoms with Crippen molar-refractivity contribution >= 4 is 49.2 Å². The number of fused-ring (bicyclic) bond motifs is 6. The van der Waals surface area contributed by atoms with Crippen LogP contribution in [0.1, 0.15) is 16.7 Å². The van der Waals surface area contributed by atoms with Crippen LogP contribution in [-0.4, -0.2) is 9.13 Å². The number of nitriles is 1. The van der Waals surface area contributed by atoms with E-state index in [4.69, 9.17) is 5.26 Å². The second-order valence-electron chi connectivity index (χ2n) is 13.0. The van der Waals surface area contributed by atoms with Crippen LogP contribution in [0.15, 0.2) is 189 Å². The van der Waals surface area contributed by atoms with Crippen molar-refractivity contribution in [2.24, 2.45) is 7.05 Å². The van der Waals surface area contributed by atoms with Crippen molar-refractivity contribution in [3.63, 3.8) is 0 Å². The van der Waals surface area contributed by atoms with Crippen molar-refractivity contribution in [3.8, 4) is 22.9 Å². The van der Waals surface area contributed by atoms with Gasteiger partial charge in [0.25, 0.3) is 0 Å². The smallest absolute Gasteiger partial charge is 0.0991 e. The van der Waals surface area contributed by atoms with Gasteiger partial charge in [-0.1, -0.05) is 134 Å². The second-order valence-corrected chi connectivity index (χ2v) is 13.0. The molecular formula is C49H37N3. The Kier molecular flexibility index (Phi) is 8.80. The summed E-state index contributed by atoms with van der Waals surface area (Å²) in [5.74, 6) is 0. The van der Waals surface area contributed by atoms with Gasteiger partial charge < -0.3 is 9.13 Å². The van der Waals surface area contributed by atoms with Crippen molar-refractivity contribution < 1.29 is 0 Å². The molecule has 0 saturated heterocycles. The largest absolute Gasteiger partial charge is 0.344 e. The number of aromatic nitrogens is 2. The molecule has 2 aromatic heterocycles. The van der Waals surface area contributed by atoms with E-state index in [1.165, 1.54) is 60.4 Å². The zero-order chi connectivity index (χ0) is 35.4. The third kappa shape index (κ3) is 6.08. The molecule has 0 aliphatic heterocycles. The molecule has 3 heteroatoms. The molecule has 0 atom stereocenters. The Balaban J connectivity index is 0.000000174. The van der Waals surface area contributed by atoms with Gasteiger partial charge in [0, 0.05) is 45.3 Å². The lowest BCUT2D eigenvalue weighted by Crippen LogP contribution is -1.93. The fourth-order valence-corrected chi connectivity index (χ4v) is 7.30. The Labute approximate surface area is 304 Å². The number of allylic oxidation sites excluding steroid dienone is 3. The minimum atomic E-state index is 0.700. The van der Waals surface area contributed by atoms with Crippen LogP contribution in [0.25, 0.3) is 66.0 Å². The Morgan fingerprint density at radius 3 is 1.94 bits per heavy atom. The molecular weight excluding hydrogens is 631 g/mol. The van der Waals surface area contributed by atoms with Crippen LogP contribution in [-0.2, 0) is 13.5 Å². The van der Waals surface area contributed by atoms with Crippen molar-refractivity contribution in [2.75, 3.05) is 0 Å². The maximum atomic E-state index is 8.88. The quantitative estimate of drug-likeness (QED) is 0.163. The number of nitrogens with zero attached hydrogens (tertiary/aromatic N) is 3. The highest BCUT2D eigenvalue weighted by Crippen LogP contribution is 2.36. The highest BCUT2D eigenvalue weighted by molar-refractivity contribution is 6.11. The number of aryl methyl sites for hydroxylation is 1. The predicted molar refractivity (Wildman–Crippen MR) is 220 cm³/mol. The molecule has 0 N–H and O–H groups in total. The number of rotatable bonds is 6. The van der Waals surface area contributed by atoms with Crippen molar-refractivity contribution in [1.82, 2.24) is 9.13 Å². The van der Waals surface area contributed by atoms with Crippen LogP contribution in [0.3, 0.4) is 0 Å². The molecule has 0 spiro atoms. The summed E-state index contributed by atoms with van der Waals surface area (Å²) in [7, 11) is 2.15. The molecule has 0 bridgehead atoms. The number of benzene rings is 7. The molecule has 0 aliphatic carbocycles. The molecule has 2 heterocycles. The maximum Gasteiger partial charge on any atom is 0.0991 e. The summed E-state index contributed by atoms with van der Waals surface area (Å²) in [6, 6.07) is 61.7. The standard InChI is InChI=1S/C31H22N2.C18H15N/c1-32-28-13-7-5-12-25(28)27-19-21(16-18-29(27)32)22-15-17-26-24-11-6-8-14-30(24)33(31(26)20-22)23-9-3-2-4-10-23;1-2-17(18-9-4-3-5-10-18)12-11-15-7-6-8-16(13-15)14-19/h2-20H,1H3;2-10,12-13H,1,11H2/b;17-12+. The number of para-hydroxylation sites is 3. The van der Waals surface area contributed by atoms with Crippen LogP contribution < -0.4 is 0 Å². The summed E-state index contributed by atoms with van der Waals surface area (Å²) in [5.41, 5.74) is 12.8. The van der Waals surface area contributed by atoms with Crippen LogP contribution in [0.5, 0.6) is 0 Å². The third-order valence-electron chi connectivity index (χ3n) is 9.88. The zero-order valence-electron chi connectivity index (χ0n) is 29.1. The van der Waals surface area contributed by atoms with E-state index in [1.54, 1.807) is 0 Å². The zero-order valence-corrected chi connectivity index (χ0v) is 29.1. The normalized spacial score (nSPS) is 11.4. The van der Waals surface area contributed by atoms with Crippen molar-refractivity contribution in [3.05, 3.63) is 205 Å². The molecule has 9 rings (SSSR count). The van der Waals surface area contributed by atoms with Gasteiger partial charge >= 0.3 is 0 Å². The van der Waals surface area contributed by atoms with Gasteiger partial charge in [0.05, 0.1) is 22.7 Å². The van der Waals surface area contributed by atoms with E-state index in [1.807, 2.05) is 48.5 Å². The van der Waals surface area contributed by atoms with Crippen LogP contribution in [0.2, 0.25) is 0 Å². The molecule has 0 saturated carbocycles. The van der Waals surface area contributed by atoms with Gasteiger partial charge in [0.15, 0.2) is 0 Å². The first kappa shape index (κ1) is 32.3. The van der Waals surface area contributed by atoms with E-state index in [-0.39, 0.29) is 0 Å². The van der Waals surface area contributed by atoms with E-state index in [2.05, 4.69) is 162 Å². The first-order chi connectivity index (χ1) is 25.6. The van der Waals surface area contributed by atoms with E-state index in [9.17, 15) is 0 Å². The Morgan fingerprint density at radius 2 is 1.19 bits per heavy atom. The summed E-state index contributed by atoms with van der Waals surface area (Å²) in [4.78, 5) is 0. The van der Waals surface area contributed by atoms with Crippen molar-refractivity contribution in [2.45, 2.75) is 6.42 Å². The molecule has 52 heavy (non-hydrogen) atoms. The molecule has 0 fully saturated rings. The van der Waals surface area contributed by atoms with Crippen molar-refractivity contribution in [1.29, 1.82) is 5.26 Å². The van der Waals surface area contributed by atoms with Gasteiger partial charge in [0.2, 0.25) is 0 Å². The highest BCUT2D eigenvalue weighted by Gasteiger charge is 2.14. The molecule has 7 aromatic carbocycles. The van der Waals surface area contributed by atoms with Crippen LogP contribution in [0.4, 0.5) is 0 Å². The second kappa shape index (κ2) is 14.2. The minimum absolute atomic E-state index is 0.700. The average molecular weight is 668 g/mol. The first-order valence-corrected chi connectivity index (χ1v) is 17.6. The predicted octanol–water partition coefficient (Wildman–Crippen LogP) is 12.5. The van der Waals surface area contributed by atoms with Crippen LogP contribution >= 0.6 is 0 Å². The maximum absolute atomic E-state index is 8.88. The molecule has 3 nitrogen and oxygen atoms in total. The van der Waals surface area contributed by atoms with Gasteiger partial charge in [-0.05, 0) is 88.8 Å². The summed E-state index contributed by atoms with van der Waals surface area (Å²) < 4.78 is 4.66. The Hall–Kier alpha value is -6.89. The lowest BCUT2D eigenvalue weighted by molar-refractivity contribution is 1.01. The fourth-order valence-electron chi connectivity index (χ4n) is 7.30. The lowest BCUT2D eigenvalue weighted by Gasteiger charge is -2.09. The van der Waals surface area contributed by atoms with Gasteiger partial charge in [-0.15, -0.1) is 0 Å². The monoisotopic (exact) mass is 667 g/mol. The van der Waals surface area contributed by atoms with Gasteiger partial charge in [-0.3, -0.25) is 0 Å². The average Bonchev–Trinajstić information content (AvgIpc) is 3.70. The van der Waals surface area contributed by atoms with E-state index in [0.29, 0.717) is 5.56 Å². The summed E-state index contributed by atoms with van der Waals surface area (Å²) in [6.07, 6.45) is 4.80. The third-order valence-corrected chi connectivity index (χ3v) is 9.88. The van der Waals surface area contributed by atoms with E-state index in [0.717, 1.165) is 23.1 Å². The summed E-state index contributed by atoms with van der Waals surface area (Å²) >= 11 is 0. The summed E-state index contributed by atoms with van der Waals surface area (Å²) in [6.45, 7) is 3.86. The number of hydrogen-bond acceptors (Lipinski definition) is 1. The molecule has 0 unspecified atom stereocenters. The molecule has 248 valence electrons. The van der Waals surface area contributed by atoms with E-state index >= 15 is 0 Å². The van der Waals surface area contributed by atoms with Crippen LogP contribution in [0, 0.1) is 11.3 Å². The Morgan fingerprint density at radius 1 is 0.577 bits per heavy atom. The molecule has 0 aliphatic rings. The molecule has 9 aromatic rings. The Bertz CT molecular complexity index is 2790. The minimum Gasteiger partial charge on any atom is -0.344 e. The van der Waals surface area contributed by atoms with Gasteiger partial charge in [0.1, 0.15) is 0 Å². The number of hydrogen-bond donors (Lipinski definition) is 0. The molecule has 0 radical (unpaired) electrons. The summed E-state index contributed by atoms with van der Waals surface area (Å²) in [5, 5.41) is 14.1. The highest BCUT2D eigenvalue weighted by atomic mass is 15.0. The topological polar surface area (TPSA) is 33.6 Å². The fraction of sp³-hybridized carbons (Fsp3) is 0.0408. The lowest BCUT2D eigenvalue weighted by atomic mass is 10.0. The van der Waals surface area contributed by atoms with Gasteiger partial charge in [-0.25, -0.2) is 0 Å². The molecule has 0 amide bonds. The van der Waals surface area contributed by atoms with Gasteiger partial charge in [-0.2, -0.15) is 5.26 Å². The van der Waals surface area contributed by atoms with E-state index < -0.39 is 0 Å². The SMILES string of the molecule is C=C/C(=C\Cc1cccc(C#N)c1)c1ccccc1.Cn1c2ccccc2c2cc(-c3ccc4c5ccccc5n(-c5ccccc5)c4c3)ccc21.